The summed E-state index contributed by atoms with van der Waals surface area (Å²) < 4.78 is 2.18. The zero-order valence-corrected chi connectivity index (χ0v) is 20.8. The number of hydrogen-bond donors (Lipinski definition) is 1. The van der Waals surface area contributed by atoms with Gasteiger partial charge < -0.3 is 14.8 Å². The number of phenols is 1. The van der Waals surface area contributed by atoms with E-state index in [1.54, 1.807) is 6.07 Å². The Hall–Kier alpha value is -1.57. The normalized spacial score (nSPS) is 23.3. The van der Waals surface area contributed by atoms with Crippen LogP contribution in [0.4, 0.5) is 0 Å². The van der Waals surface area contributed by atoms with Crippen LogP contribution in [0.1, 0.15) is 64.4 Å². The molecule has 1 saturated heterocycles. The van der Waals surface area contributed by atoms with Gasteiger partial charge in [-0.1, -0.05) is 38.2 Å². The number of aldehydes is 1. The molecular weight excluding hydrogens is 422 g/mol. The number of aryl methyl sites for hydroxylation is 1. The first kappa shape index (κ1) is 25.1. The highest BCUT2D eigenvalue weighted by atomic mass is 32.2. The third kappa shape index (κ3) is 6.06. The first-order chi connectivity index (χ1) is 15.3. The van der Waals surface area contributed by atoms with Crippen molar-refractivity contribution in [1.82, 2.24) is 14.1 Å². The fraction of sp³-hybridized carbons (Fsp3) is 0.680. The fourth-order valence-corrected chi connectivity index (χ4v) is 6.18. The molecule has 178 valence electrons. The molecule has 1 aliphatic carbocycles. The molecule has 0 bridgehead atoms. The van der Waals surface area contributed by atoms with Crippen LogP contribution in [0.2, 0.25) is 0 Å². The van der Waals surface area contributed by atoms with Crippen molar-refractivity contribution >= 4 is 24.1 Å². The molecule has 3 rings (SSSR count). The van der Waals surface area contributed by atoms with Crippen molar-refractivity contribution in [3.63, 3.8) is 0 Å². The Morgan fingerprint density at radius 3 is 2.62 bits per heavy atom. The lowest BCUT2D eigenvalue weighted by atomic mass is 9.83. The minimum atomic E-state index is -0.148. The molecule has 0 radical (unpaired) electrons. The highest BCUT2D eigenvalue weighted by Crippen LogP contribution is 2.37. The molecule has 1 aliphatic heterocycles. The summed E-state index contributed by atoms with van der Waals surface area (Å²) in [7, 11) is 2.05. The van der Waals surface area contributed by atoms with E-state index in [0.717, 1.165) is 23.2 Å². The molecule has 7 heteroatoms. The van der Waals surface area contributed by atoms with E-state index in [0.29, 0.717) is 25.4 Å². The molecular formula is C25H39N3O3S. The number of nitrogens with zero attached hydrogens (tertiary/aromatic N) is 3. The topological polar surface area (TPSA) is 64.1 Å². The van der Waals surface area contributed by atoms with Gasteiger partial charge in [0.25, 0.3) is 0 Å². The SMILES string of the molecule is Cc1ccc(O)c(SN(CCC=O)C2CN(C(C)C)C(=O)C(CC3CCCCC3)N2C)c1. The van der Waals surface area contributed by atoms with Crippen molar-refractivity contribution in [2.45, 2.75) is 88.9 Å². The zero-order valence-electron chi connectivity index (χ0n) is 20.0. The highest BCUT2D eigenvalue weighted by Gasteiger charge is 2.43. The van der Waals surface area contributed by atoms with Crippen LogP contribution in [0.5, 0.6) is 5.75 Å². The van der Waals surface area contributed by atoms with E-state index in [1.165, 1.54) is 44.1 Å². The van der Waals surface area contributed by atoms with Crippen LogP contribution >= 0.6 is 11.9 Å². The summed E-state index contributed by atoms with van der Waals surface area (Å²) in [5, 5.41) is 10.4. The van der Waals surface area contributed by atoms with Gasteiger partial charge in [0.15, 0.2) is 0 Å². The predicted octanol–water partition coefficient (Wildman–Crippen LogP) is 4.45. The third-order valence-electron chi connectivity index (χ3n) is 6.93. The molecule has 0 spiro atoms. The maximum atomic E-state index is 13.5. The van der Waals surface area contributed by atoms with Crippen LogP contribution in [-0.4, -0.2) is 69.8 Å². The first-order valence-corrected chi connectivity index (χ1v) is 12.8. The van der Waals surface area contributed by atoms with Gasteiger partial charge in [-0.25, -0.2) is 4.31 Å². The molecule has 0 aromatic heterocycles. The van der Waals surface area contributed by atoms with Crippen molar-refractivity contribution < 1.29 is 14.7 Å². The van der Waals surface area contributed by atoms with E-state index in [2.05, 4.69) is 30.1 Å². The molecule has 1 heterocycles. The van der Waals surface area contributed by atoms with E-state index < -0.39 is 0 Å². The molecule has 32 heavy (non-hydrogen) atoms. The molecule has 6 nitrogen and oxygen atoms in total. The number of carbonyl (C=O) groups is 2. The molecule has 1 N–H and O–H groups in total. The van der Waals surface area contributed by atoms with Crippen LogP contribution in [-0.2, 0) is 9.59 Å². The summed E-state index contributed by atoms with van der Waals surface area (Å²) in [5.41, 5.74) is 1.08. The maximum Gasteiger partial charge on any atom is 0.240 e. The highest BCUT2D eigenvalue weighted by molar-refractivity contribution is 7.97. The summed E-state index contributed by atoms with van der Waals surface area (Å²) >= 11 is 1.49. The molecule has 2 atom stereocenters. The molecule has 1 saturated carbocycles. The lowest BCUT2D eigenvalue weighted by molar-refractivity contribution is -0.150. The van der Waals surface area contributed by atoms with Gasteiger partial charge in [-0.3, -0.25) is 9.69 Å². The predicted molar refractivity (Wildman–Crippen MR) is 129 cm³/mol. The number of hydrogen-bond acceptors (Lipinski definition) is 6. The van der Waals surface area contributed by atoms with E-state index in [-0.39, 0.29) is 29.9 Å². The molecule has 1 amide bonds. The van der Waals surface area contributed by atoms with Crippen molar-refractivity contribution in [3.05, 3.63) is 23.8 Å². The maximum absolute atomic E-state index is 13.5. The number of benzene rings is 1. The smallest absolute Gasteiger partial charge is 0.240 e. The van der Waals surface area contributed by atoms with Crippen LogP contribution in [0, 0.1) is 12.8 Å². The third-order valence-corrected chi connectivity index (χ3v) is 8.11. The summed E-state index contributed by atoms with van der Waals surface area (Å²) in [6, 6.07) is 5.56. The van der Waals surface area contributed by atoms with E-state index in [4.69, 9.17) is 0 Å². The Kier molecular flexibility index (Phi) is 9.03. The minimum Gasteiger partial charge on any atom is -0.507 e. The second kappa shape index (κ2) is 11.5. The lowest BCUT2D eigenvalue weighted by Gasteiger charge is -2.50. The van der Waals surface area contributed by atoms with Crippen LogP contribution in [0.3, 0.4) is 0 Å². The molecule has 2 fully saturated rings. The molecule has 2 unspecified atom stereocenters. The second-order valence-electron chi connectivity index (χ2n) is 9.64. The van der Waals surface area contributed by atoms with E-state index >= 15 is 0 Å². The largest absolute Gasteiger partial charge is 0.507 e. The van der Waals surface area contributed by atoms with Crippen molar-refractivity contribution in [3.8, 4) is 5.75 Å². The standard InChI is InChI=1S/C25H39N3O3S/c1-18(2)27-17-24(26(4)21(25(27)31)16-20-9-6-5-7-10-20)28(13-8-14-29)32-23-15-19(3)11-12-22(23)30/h11-12,14-15,18,20-21,24,30H,5-10,13,16-17H2,1-4H3. The van der Waals surface area contributed by atoms with Gasteiger partial charge >= 0.3 is 0 Å². The number of amides is 1. The summed E-state index contributed by atoms with van der Waals surface area (Å²) in [6.07, 6.45) is 8.48. The van der Waals surface area contributed by atoms with Gasteiger partial charge in [-0.2, -0.15) is 0 Å². The first-order valence-electron chi connectivity index (χ1n) is 12.0. The number of piperazine rings is 1. The average Bonchev–Trinajstić information content (AvgIpc) is 2.77. The molecule has 1 aromatic rings. The van der Waals surface area contributed by atoms with Crippen molar-refractivity contribution in [2.75, 3.05) is 20.1 Å². The summed E-state index contributed by atoms with van der Waals surface area (Å²) in [5.74, 6) is 1.07. The number of aromatic hydroxyl groups is 1. The zero-order chi connectivity index (χ0) is 23.3. The summed E-state index contributed by atoms with van der Waals surface area (Å²) in [6.45, 7) is 7.31. The second-order valence-corrected chi connectivity index (χ2v) is 10.7. The molecule has 2 aliphatic rings. The van der Waals surface area contributed by atoms with Crippen LogP contribution in [0.25, 0.3) is 0 Å². The van der Waals surface area contributed by atoms with Crippen LogP contribution in [0.15, 0.2) is 23.1 Å². The average molecular weight is 462 g/mol. The van der Waals surface area contributed by atoms with Gasteiger partial charge in [0, 0.05) is 19.0 Å². The Morgan fingerprint density at radius 1 is 1.25 bits per heavy atom. The van der Waals surface area contributed by atoms with Gasteiger partial charge in [0.1, 0.15) is 12.0 Å². The Balaban J connectivity index is 1.87. The van der Waals surface area contributed by atoms with Gasteiger partial charge in [-0.05, 0) is 69.8 Å². The fourth-order valence-electron chi connectivity index (χ4n) is 4.99. The Bertz CT molecular complexity index is 782. The monoisotopic (exact) mass is 461 g/mol. The lowest BCUT2D eigenvalue weighted by Crippen LogP contribution is -2.65. The van der Waals surface area contributed by atoms with Crippen molar-refractivity contribution in [2.24, 2.45) is 5.92 Å². The number of rotatable bonds is 9. The van der Waals surface area contributed by atoms with Gasteiger partial charge in [0.2, 0.25) is 5.91 Å². The van der Waals surface area contributed by atoms with E-state index in [1.807, 2.05) is 24.0 Å². The van der Waals surface area contributed by atoms with Gasteiger partial charge in [-0.15, -0.1) is 0 Å². The van der Waals surface area contributed by atoms with Gasteiger partial charge in [0.05, 0.1) is 23.6 Å². The Morgan fingerprint density at radius 2 is 1.97 bits per heavy atom. The molecule has 1 aromatic carbocycles. The van der Waals surface area contributed by atoms with Crippen LogP contribution < -0.4 is 0 Å². The number of likely N-dealkylation sites (N-methyl/N-ethyl adjacent to an activating group) is 1. The van der Waals surface area contributed by atoms with E-state index in [9.17, 15) is 14.7 Å². The van der Waals surface area contributed by atoms with Crippen molar-refractivity contribution in [1.29, 1.82) is 0 Å². The minimum absolute atomic E-state index is 0.0337. The Labute approximate surface area is 197 Å². The number of carbonyl (C=O) groups excluding carboxylic acids is 2. The number of phenolic OH excluding ortho intramolecular Hbond substituents is 1. The quantitative estimate of drug-likeness (QED) is 0.433. The summed E-state index contributed by atoms with van der Waals surface area (Å²) in [4.78, 5) is 29.7.